The molecule has 1 aliphatic rings. The molecule has 1 aliphatic heterocycles. The second kappa shape index (κ2) is 6.10. The number of nitrogens with zero attached hydrogens (tertiary/aromatic N) is 1. The quantitative estimate of drug-likeness (QED) is 0.906. The molecule has 2 rings (SSSR count). The van der Waals surface area contributed by atoms with Gasteiger partial charge in [-0.25, -0.2) is 0 Å². The number of aryl methyl sites for hydroxylation is 1. The molecule has 1 atom stereocenters. The van der Waals surface area contributed by atoms with Crippen LogP contribution in [0.15, 0.2) is 16.5 Å². The van der Waals surface area contributed by atoms with Crippen LogP contribution in [0.2, 0.25) is 0 Å². The van der Waals surface area contributed by atoms with Crippen molar-refractivity contribution < 1.29 is 4.42 Å². The average molecular weight is 264 g/mol. The lowest BCUT2D eigenvalue weighted by atomic mass is 9.85. The molecule has 1 saturated heterocycles. The van der Waals surface area contributed by atoms with Gasteiger partial charge in [-0.3, -0.25) is 4.90 Å². The summed E-state index contributed by atoms with van der Waals surface area (Å²) in [6.45, 7) is 9.75. The van der Waals surface area contributed by atoms with E-state index in [4.69, 9.17) is 10.2 Å². The molecule has 0 bridgehead atoms. The molecule has 0 amide bonds. The molecule has 1 aromatic heterocycles. The van der Waals surface area contributed by atoms with Crippen LogP contribution >= 0.6 is 0 Å². The van der Waals surface area contributed by atoms with E-state index in [9.17, 15) is 0 Å². The first-order chi connectivity index (χ1) is 9.05. The van der Waals surface area contributed by atoms with Gasteiger partial charge in [-0.1, -0.05) is 20.8 Å². The maximum atomic E-state index is 6.00. The van der Waals surface area contributed by atoms with Crippen LogP contribution in [0.1, 0.15) is 57.6 Å². The maximum absolute atomic E-state index is 6.00. The van der Waals surface area contributed by atoms with E-state index in [0.717, 1.165) is 31.0 Å². The Bertz CT molecular complexity index is 397. The van der Waals surface area contributed by atoms with E-state index in [1.165, 1.54) is 19.3 Å². The van der Waals surface area contributed by atoms with Crippen LogP contribution < -0.4 is 5.73 Å². The summed E-state index contributed by atoms with van der Waals surface area (Å²) in [6.07, 6.45) is 4.75. The molecule has 1 unspecified atom stereocenters. The first kappa shape index (κ1) is 14.6. The number of hydrogen-bond donors (Lipinski definition) is 1. The van der Waals surface area contributed by atoms with E-state index in [0.29, 0.717) is 12.0 Å². The van der Waals surface area contributed by atoms with E-state index in [2.05, 4.69) is 37.8 Å². The minimum Gasteiger partial charge on any atom is -0.464 e. The Morgan fingerprint density at radius 3 is 2.74 bits per heavy atom. The molecule has 2 heterocycles. The molecule has 1 aromatic rings. The van der Waals surface area contributed by atoms with Crippen molar-refractivity contribution in [2.45, 2.75) is 52.5 Å². The zero-order valence-corrected chi connectivity index (χ0v) is 12.6. The standard InChI is InChI=1S/C16H28N2O/c1-4-13-6-7-15(19-13)14(12-17)18-10-5-8-16(2,3)9-11-18/h6-7,14H,4-5,8-12,17H2,1-3H3. The highest BCUT2D eigenvalue weighted by atomic mass is 16.3. The summed E-state index contributed by atoms with van der Waals surface area (Å²) in [4.78, 5) is 2.51. The van der Waals surface area contributed by atoms with Crippen LogP contribution in [-0.2, 0) is 6.42 Å². The van der Waals surface area contributed by atoms with Gasteiger partial charge in [-0.15, -0.1) is 0 Å². The van der Waals surface area contributed by atoms with Crippen molar-refractivity contribution in [2.75, 3.05) is 19.6 Å². The first-order valence-electron chi connectivity index (χ1n) is 7.58. The lowest BCUT2D eigenvalue weighted by Gasteiger charge is -2.29. The first-order valence-corrected chi connectivity index (χ1v) is 7.58. The maximum Gasteiger partial charge on any atom is 0.122 e. The van der Waals surface area contributed by atoms with Crippen molar-refractivity contribution in [3.63, 3.8) is 0 Å². The Kier molecular flexibility index (Phi) is 4.69. The molecule has 19 heavy (non-hydrogen) atoms. The Balaban J connectivity index is 2.08. The molecule has 0 spiro atoms. The third-order valence-electron chi connectivity index (χ3n) is 4.40. The number of likely N-dealkylation sites (tertiary alicyclic amines) is 1. The fourth-order valence-corrected chi connectivity index (χ4v) is 2.96. The largest absolute Gasteiger partial charge is 0.464 e. The molecule has 3 heteroatoms. The Hall–Kier alpha value is -0.800. The molecule has 0 aromatic carbocycles. The van der Waals surface area contributed by atoms with Crippen LogP contribution in [0.25, 0.3) is 0 Å². The zero-order chi connectivity index (χ0) is 13.9. The minimum atomic E-state index is 0.245. The average Bonchev–Trinajstić information content (AvgIpc) is 2.77. The Labute approximate surface area is 117 Å². The highest BCUT2D eigenvalue weighted by Gasteiger charge is 2.28. The fraction of sp³-hybridized carbons (Fsp3) is 0.750. The van der Waals surface area contributed by atoms with Crippen LogP contribution in [0.3, 0.4) is 0 Å². The molecular weight excluding hydrogens is 236 g/mol. The predicted molar refractivity (Wildman–Crippen MR) is 79.1 cm³/mol. The summed E-state index contributed by atoms with van der Waals surface area (Å²) in [5.74, 6) is 2.10. The summed E-state index contributed by atoms with van der Waals surface area (Å²) in [7, 11) is 0. The van der Waals surface area contributed by atoms with Crippen LogP contribution in [-0.4, -0.2) is 24.5 Å². The van der Waals surface area contributed by atoms with Crippen molar-refractivity contribution in [3.8, 4) is 0 Å². The molecule has 108 valence electrons. The van der Waals surface area contributed by atoms with Crippen LogP contribution in [0.5, 0.6) is 0 Å². The highest BCUT2D eigenvalue weighted by Crippen LogP contribution is 2.33. The highest BCUT2D eigenvalue weighted by molar-refractivity contribution is 5.11. The number of nitrogens with two attached hydrogens (primary N) is 1. The van der Waals surface area contributed by atoms with Crippen LogP contribution in [0.4, 0.5) is 0 Å². The lowest BCUT2D eigenvalue weighted by Crippen LogP contribution is -2.34. The van der Waals surface area contributed by atoms with Gasteiger partial charge in [0.15, 0.2) is 0 Å². The number of rotatable bonds is 4. The van der Waals surface area contributed by atoms with Gasteiger partial charge in [0, 0.05) is 13.0 Å². The second-order valence-corrected chi connectivity index (χ2v) is 6.46. The minimum absolute atomic E-state index is 0.245. The van der Waals surface area contributed by atoms with Gasteiger partial charge >= 0.3 is 0 Å². The number of hydrogen-bond acceptors (Lipinski definition) is 3. The zero-order valence-electron chi connectivity index (χ0n) is 12.6. The fourth-order valence-electron chi connectivity index (χ4n) is 2.96. The summed E-state index contributed by atoms with van der Waals surface area (Å²) in [6, 6.07) is 4.43. The van der Waals surface area contributed by atoms with Gasteiger partial charge < -0.3 is 10.2 Å². The monoisotopic (exact) mass is 264 g/mol. The second-order valence-electron chi connectivity index (χ2n) is 6.46. The third-order valence-corrected chi connectivity index (χ3v) is 4.40. The third kappa shape index (κ3) is 3.61. The number of furan rings is 1. The summed E-state index contributed by atoms with van der Waals surface area (Å²) in [5, 5.41) is 0. The van der Waals surface area contributed by atoms with Gasteiger partial charge in [0.05, 0.1) is 6.04 Å². The normalized spacial score (nSPS) is 22.1. The van der Waals surface area contributed by atoms with E-state index < -0.39 is 0 Å². The van der Waals surface area contributed by atoms with Crippen molar-refractivity contribution in [1.82, 2.24) is 4.90 Å². The van der Waals surface area contributed by atoms with E-state index >= 15 is 0 Å². The molecule has 2 N–H and O–H groups in total. The van der Waals surface area contributed by atoms with Crippen molar-refractivity contribution in [3.05, 3.63) is 23.7 Å². The Morgan fingerprint density at radius 2 is 2.11 bits per heavy atom. The molecule has 1 fully saturated rings. The van der Waals surface area contributed by atoms with E-state index in [1.807, 2.05) is 0 Å². The molecule has 0 aliphatic carbocycles. The van der Waals surface area contributed by atoms with Gasteiger partial charge in [-0.2, -0.15) is 0 Å². The van der Waals surface area contributed by atoms with Crippen molar-refractivity contribution in [2.24, 2.45) is 11.1 Å². The topological polar surface area (TPSA) is 42.4 Å². The Morgan fingerprint density at radius 1 is 1.32 bits per heavy atom. The SMILES string of the molecule is CCc1ccc(C(CN)N2CCCC(C)(C)CC2)o1. The van der Waals surface area contributed by atoms with Crippen molar-refractivity contribution >= 4 is 0 Å². The predicted octanol–water partition coefficient (Wildman–Crippen LogP) is 3.35. The van der Waals surface area contributed by atoms with Crippen LogP contribution in [0, 0.1) is 5.41 Å². The molecule has 0 saturated carbocycles. The molecule has 3 nitrogen and oxygen atoms in total. The summed E-state index contributed by atoms with van der Waals surface area (Å²) >= 11 is 0. The molecule has 0 radical (unpaired) electrons. The summed E-state index contributed by atoms with van der Waals surface area (Å²) < 4.78 is 5.91. The summed E-state index contributed by atoms with van der Waals surface area (Å²) in [5.41, 5.74) is 6.47. The van der Waals surface area contributed by atoms with E-state index in [1.54, 1.807) is 0 Å². The van der Waals surface area contributed by atoms with Gasteiger partial charge in [-0.05, 0) is 49.9 Å². The smallest absolute Gasteiger partial charge is 0.122 e. The van der Waals surface area contributed by atoms with E-state index in [-0.39, 0.29) is 6.04 Å². The van der Waals surface area contributed by atoms with Crippen molar-refractivity contribution in [1.29, 1.82) is 0 Å². The van der Waals surface area contributed by atoms with Gasteiger partial charge in [0.2, 0.25) is 0 Å². The molecular formula is C16H28N2O. The van der Waals surface area contributed by atoms with Gasteiger partial charge in [0.1, 0.15) is 11.5 Å². The van der Waals surface area contributed by atoms with Gasteiger partial charge in [0.25, 0.3) is 0 Å². The lowest BCUT2D eigenvalue weighted by molar-refractivity contribution is 0.177.